The molecule has 0 unspecified atom stereocenters. The summed E-state index contributed by atoms with van der Waals surface area (Å²) in [6.07, 6.45) is 0. The van der Waals surface area contributed by atoms with Crippen LogP contribution in [0.3, 0.4) is 0 Å². The van der Waals surface area contributed by atoms with Gasteiger partial charge in [0.25, 0.3) is 0 Å². The highest BCUT2D eigenvalue weighted by molar-refractivity contribution is 5.87. The zero-order chi connectivity index (χ0) is 16.9. The molecule has 0 saturated heterocycles. The lowest BCUT2D eigenvalue weighted by atomic mass is 10.1. The van der Waals surface area contributed by atoms with Gasteiger partial charge >= 0.3 is 0 Å². The molecule has 0 aromatic heterocycles. The third-order valence-corrected chi connectivity index (χ3v) is 3.22. The predicted octanol–water partition coefficient (Wildman–Crippen LogP) is 2.09. The van der Waals surface area contributed by atoms with E-state index in [4.69, 9.17) is 0 Å². The van der Waals surface area contributed by atoms with Crippen LogP contribution < -0.4 is 10.6 Å². The molecule has 0 saturated carbocycles. The van der Waals surface area contributed by atoms with E-state index in [0.29, 0.717) is 0 Å². The summed E-state index contributed by atoms with van der Waals surface area (Å²) in [5.41, 5.74) is 2.88. The normalized spacial score (nSPS) is 11.0. The number of nitrogens with zero attached hydrogens (tertiary/aromatic N) is 1. The summed E-state index contributed by atoms with van der Waals surface area (Å²) in [7, 11) is 1.64. The van der Waals surface area contributed by atoms with Crippen molar-refractivity contribution in [3.8, 4) is 0 Å². The number of carbonyl (C=O) groups is 2. The van der Waals surface area contributed by atoms with Crippen molar-refractivity contribution in [2.45, 2.75) is 40.2 Å². The summed E-state index contributed by atoms with van der Waals surface area (Å²) in [6, 6.07) is 5.99. The number of rotatable bonds is 5. The number of carbonyl (C=O) groups excluding carboxylic acids is 2. The zero-order valence-corrected chi connectivity index (χ0v) is 14.4. The Morgan fingerprint density at radius 3 is 2.18 bits per heavy atom. The van der Waals surface area contributed by atoms with Gasteiger partial charge in [-0.25, -0.2) is 0 Å². The summed E-state index contributed by atoms with van der Waals surface area (Å²) in [5, 5.41) is 6.00. The molecule has 0 bridgehead atoms. The number of hydrogen-bond donors (Lipinski definition) is 2. The van der Waals surface area contributed by atoms with Crippen molar-refractivity contribution in [2.24, 2.45) is 0 Å². The standard InChI is InChI=1S/C17H27N3O2/c1-12-8-7-9-13(2)16(12)18-10-15(22)20(6)11-14(21)19-17(3,4)5/h7-9,18H,10-11H2,1-6H3,(H,19,21). The summed E-state index contributed by atoms with van der Waals surface area (Å²) in [4.78, 5) is 25.4. The van der Waals surface area contributed by atoms with Crippen molar-refractivity contribution in [3.63, 3.8) is 0 Å². The second-order valence-corrected chi connectivity index (χ2v) is 6.67. The topological polar surface area (TPSA) is 61.4 Å². The van der Waals surface area contributed by atoms with E-state index in [9.17, 15) is 9.59 Å². The molecule has 122 valence electrons. The highest BCUT2D eigenvalue weighted by Crippen LogP contribution is 2.18. The fourth-order valence-electron chi connectivity index (χ4n) is 2.15. The molecule has 5 nitrogen and oxygen atoms in total. The van der Waals surface area contributed by atoms with Gasteiger partial charge in [-0.3, -0.25) is 9.59 Å². The lowest BCUT2D eigenvalue weighted by Crippen LogP contribution is -2.47. The molecular weight excluding hydrogens is 278 g/mol. The number of hydrogen-bond acceptors (Lipinski definition) is 3. The number of para-hydroxylation sites is 1. The van der Waals surface area contributed by atoms with Crippen molar-refractivity contribution in [3.05, 3.63) is 29.3 Å². The number of benzene rings is 1. The molecule has 1 aromatic carbocycles. The molecule has 1 aromatic rings. The van der Waals surface area contributed by atoms with Gasteiger partial charge in [0, 0.05) is 18.3 Å². The van der Waals surface area contributed by atoms with Gasteiger partial charge in [-0.15, -0.1) is 0 Å². The van der Waals surface area contributed by atoms with Gasteiger partial charge in [-0.1, -0.05) is 18.2 Å². The van der Waals surface area contributed by atoms with E-state index in [-0.39, 0.29) is 30.4 Å². The number of nitrogens with one attached hydrogen (secondary N) is 2. The van der Waals surface area contributed by atoms with Crippen LogP contribution in [0.1, 0.15) is 31.9 Å². The quantitative estimate of drug-likeness (QED) is 0.875. The minimum Gasteiger partial charge on any atom is -0.376 e. The molecule has 0 aliphatic carbocycles. The van der Waals surface area contributed by atoms with Gasteiger partial charge < -0.3 is 15.5 Å². The summed E-state index contributed by atoms with van der Waals surface area (Å²) >= 11 is 0. The molecule has 0 radical (unpaired) electrons. The molecule has 0 spiro atoms. The Kier molecular flexibility index (Phi) is 5.97. The molecule has 0 heterocycles. The van der Waals surface area contributed by atoms with Crippen LogP contribution in [0.5, 0.6) is 0 Å². The molecular formula is C17H27N3O2. The van der Waals surface area contributed by atoms with Crippen molar-refractivity contribution in [1.82, 2.24) is 10.2 Å². The first-order valence-corrected chi connectivity index (χ1v) is 7.45. The van der Waals surface area contributed by atoms with Crippen molar-refractivity contribution >= 4 is 17.5 Å². The Balaban J connectivity index is 2.53. The van der Waals surface area contributed by atoms with Crippen LogP contribution in [0.4, 0.5) is 5.69 Å². The van der Waals surface area contributed by atoms with Crippen LogP contribution in [0.25, 0.3) is 0 Å². The SMILES string of the molecule is Cc1cccc(C)c1NCC(=O)N(C)CC(=O)NC(C)(C)C. The molecule has 0 aliphatic heterocycles. The van der Waals surface area contributed by atoms with Gasteiger partial charge in [-0.05, 0) is 45.7 Å². The molecule has 2 amide bonds. The maximum Gasteiger partial charge on any atom is 0.242 e. The molecule has 5 heteroatoms. The first-order valence-electron chi connectivity index (χ1n) is 7.45. The van der Waals surface area contributed by atoms with Gasteiger partial charge in [-0.2, -0.15) is 0 Å². The van der Waals surface area contributed by atoms with E-state index in [1.165, 1.54) is 4.90 Å². The summed E-state index contributed by atoms with van der Waals surface area (Å²) in [6.45, 7) is 9.97. The molecule has 1 rings (SSSR count). The lowest BCUT2D eigenvalue weighted by Gasteiger charge is -2.23. The fourth-order valence-corrected chi connectivity index (χ4v) is 2.15. The van der Waals surface area contributed by atoms with Gasteiger partial charge in [0.2, 0.25) is 11.8 Å². The van der Waals surface area contributed by atoms with E-state index in [2.05, 4.69) is 10.6 Å². The average molecular weight is 305 g/mol. The number of likely N-dealkylation sites (N-methyl/N-ethyl adjacent to an activating group) is 1. The van der Waals surface area contributed by atoms with Crippen LogP contribution in [0.2, 0.25) is 0 Å². The lowest BCUT2D eigenvalue weighted by molar-refractivity contribution is -0.133. The molecule has 0 atom stereocenters. The second-order valence-electron chi connectivity index (χ2n) is 6.67. The monoisotopic (exact) mass is 305 g/mol. The first kappa shape index (κ1) is 18.0. The Bertz CT molecular complexity index is 527. The fraction of sp³-hybridized carbons (Fsp3) is 0.529. The number of aryl methyl sites for hydroxylation is 2. The van der Waals surface area contributed by atoms with Crippen LogP contribution in [0.15, 0.2) is 18.2 Å². The highest BCUT2D eigenvalue weighted by atomic mass is 16.2. The maximum absolute atomic E-state index is 12.1. The molecule has 0 aliphatic rings. The van der Waals surface area contributed by atoms with E-state index >= 15 is 0 Å². The van der Waals surface area contributed by atoms with Crippen LogP contribution >= 0.6 is 0 Å². The number of amides is 2. The second kappa shape index (κ2) is 7.29. The van der Waals surface area contributed by atoms with Crippen molar-refractivity contribution in [1.29, 1.82) is 0 Å². The molecule has 22 heavy (non-hydrogen) atoms. The Hall–Kier alpha value is -2.04. The Morgan fingerprint density at radius 1 is 1.14 bits per heavy atom. The minimum atomic E-state index is -0.294. The van der Waals surface area contributed by atoms with Crippen LogP contribution in [-0.4, -0.2) is 42.4 Å². The predicted molar refractivity (Wildman–Crippen MR) is 89.9 cm³/mol. The summed E-state index contributed by atoms with van der Waals surface area (Å²) < 4.78 is 0. The average Bonchev–Trinajstić information content (AvgIpc) is 2.35. The zero-order valence-electron chi connectivity index (χ0n) is 14.4. The molecule has 0 fully saturated rings. The van der Waals surface area contributed by atoms with E-state index in [1.807, 2.05) is 52.8 Å². The Labute approximate surface area is 133 Å². The Morgan fingerprint density at radius 2 is 1.68 bits per heavy atom. The smallest absolute Gasteiger partial charge is 0.242 e. The largest absolute Gasteiger partial charge is 0.376 e. The van der Waals surface area contributed by atoms with Crippen molar-refractivity contribution in [2.75, 3.05) is 25.5 Å². The molecule has 2 N–H and O–H groups in total. The third kappa shape index (κ3) is 5.76. The van der Waals surface area contributed by atoms with Gasteiger partial charge in [0.05, 0.1) is 13.1 Å². The highest BCUT2D eigenvalue weighted by Gasteiger charge is 2.17. The van der Waals surface area contributed by atoms with Gasteiger partial charge in [0.15, 0.2) is 0 Å². The van der Waals surface area contributed by atoms with Crippen LogP contribution in [0, 0.1) is 13.8 Å². The van der Waals surface area contributed by atoms with E-state index in [0.717, 1.165) is 16.8 Å². The van der Waals surface area contributed by atoms with Gasteiger partial charge in [0.1, 0.15) is 0 Å². The maximum atomic E-state index is 12.1. The summed E-state index contributed by atoms with van der Waals surface area (Å²) in [5.74, 6) is -0.276. The third-order valence-electron chi connectivity index (χ3n) is 3.22. The number of anilines is 1. The minimum absolute atomic E-state index is 0.0601. The van der Waals surface area contributed by atoms with Crippen molar-refractivity contribution < 1.29 is 9.59 Å². The van der Waals surface area contributed by atoms with Crippen LogP contribution in [-0.2, 0) is 9.59 Å². The van der Waals surface area contributed by atoms with E-state index < -0.39 is 0 Å². The van der Waals surface area contributed by atoms with E-state index in [1.54, 1.807) is 7.05 Å². The first-order chi connectivity index (χ1) is 10.1.